The van der Waals surface area contributed by atoms with Crippen molar-refractivity contribution in [3.05, 3.63) is 29.8 Å². The first kappa shape index (κ1) is 20.2. The maximum absolute atomic E-state index is 12.3. The third kappa shape index (κ3) is 7.13. The molecule has 0 saturated carbocycles. The van der Waals surface area contributed by atoms with Gasteiger partial charge in [-0.25, -0.2) is 0 Å². The van der Waals surface area contributed by atoms with Gasteiger partial charge in [-0.1, -0.05) is 32.0 Å². The summed E-state index contributed by atoms with van der Waals surface area (Å²) in [5.41, 5.74) is 1.76. The Kier molecular flexibility index (Phi) is 7.42. The Morgan fingerprint density at radius 1 is 1.12 bits per heavy atom. The summed E-state index contributed by atoms with van der Waals surface area (Å²) >= 11 is 0. The molecule has 0 spiro atoms. The lowest BCUT2D eigenvalue weighted by atomic mass is 9.97. The predicted molar refractivity (Wildman–Crippen MR) is 98.3 cm³/mol. The average molecular weight is 334 g/mol. The van der Waals surface area contributed by atoms with Crippen LogP contribution in [0.4, 0.5) is 5.69 Å². The molecule has 1 aromatic rings. The van der Waals surface area contributed by atoms with Crippen LogP contribution in [0.25, 0.3) is 0 Å². The molecule has 0 radical (unpaired) electrons. The second-order valence-corrected chi connectivity index (χ2v) is 7.55. The molecule has 0 fully saturated rings. The Balaban J connectivity index is 2.59. The number of carbonyl (C=O) groups excluding carboxylic acids is 2. The van der Waals surface area contributed by atoms with Crippen molar-refractivity contribution >= 4 is 17.5 Å². The standard InChI is InChI=1S/C19H31N3O2/c1-7-14(2)15-10-8-9-11-16(15)20-17(23)12-22(6)13-18(24)21-19(3,4)5/h8-11,14H,7,12-13H2,1-6H3,(H,20,23)(H,21,24)/p+1/t14-/m1/s1. The van der Waals surface area contributed by atoms with Gasteiger partial charge in [0.25, 0.3) is 11.8 Å². The first-order valence-corrected chi connectivity index (χ1v) is 8.63. The van der Waals surface area contributed by atoms with Crippen LogP contribution in [0.1, 0.15) is 52.5 Å². The van der Waals surface area contributed by atoms with Gasteiger partial charge in [-0.3, -0.25) is 9.59 Å². The first-order valence-electron chi connectivity index (χ1n) is 8.63. The van der Waals surface area contributed by atoms with Gasteiger partial charge in [0.2, 0.25) is 0 Å². The number of carbonyl (C=O) groups is 2. The molecular formula is C19H32N3O2+. The largest absolute Gasteiger partial charge is 0.347 e. The molecule has 2 amide bonds. The lowest BCUT2D eigenvalue weighted by Gasteiger charge is -2.22. The lowest BCUT2D eigenvalue weighted by molar-refractivity contribution is -0.862. The molecule has 1 aromatic carbocycles. The summed E-state index contributed by atoms with van der Waals surface area (Å²) in [5.74, 6) is 0.267. The zero-order chi connectivity index (χ0) is 18.3. The summed E-state index contributed by atoms with van der Waals surface area (Å²) in [6, 6.07) is 7.90. The molecule has 0 saturated heterocycles. The summed E-state index contributed by atoms with van der Waals surface area (Å²) in [5, 5.41) is 5.90. The fourth-order valence-electron chi connectivity index (χ4n) is 2.53. The van der Waals surface area contributed by atoms with Crippen molar-refractivity contribution in [1.29, 1.82) is 0 Å². The van der Waals surface area contributed by atoms with Crippen molar-refractivity contribution in [2.75, 3.05) is 25.5 Å². The van der Waals surface area contributed by atoms with Gasteiger partial charge in [-0.05, 0) is 44.7 Å². The highest BCUT2D eigenvalue weighted by Crippen LogP contribution is 2.26. The van der Waals surface area contributed by atoms with Gasteiger partial charge in [0.1, 0.15) is 0 Å². The molecule has 1 rings (SSSR count). The molecule has 3 N–H and O–H groups in total. The Morgan fingerprint density at radius 3 is 2.29 bits per heavy atom. The van der Waals surface area contributed by atoms with Gasteiger partial charge in [0.15, 0.2) is 13.1 Å². The molecule has 5 nitrogen and oxygen atoms in total. The van der Waals surface area contributed by atoms with Crippen molar-refractivity contribution in [1.82, 2.24) is 5.32 Å². The molecule has 0 heterocycles. The SMILES string of the molecule is CC[C@@H](C)c1ccccc1NC(=O)C[NH+](C)CC(=O)NC(C)(C)C. The zero-order valence-corrected chi connectivity index (χ0v) is 15.8. The van der Waals surface area contributed by atoms with Gasteiger partial charge in [-0.15, -0.1) is 0 Å². The number of para-hydroxylation sites is 1. The van der Waals surface area contributed by atoms with Crippen LogP contribution in [0.15, 0.2) is 24.3 Å². The Labute approximate surface area is 145 Å². The van der Waals surface area contributed by atoms with Gasteiger partial charge >= 0.3 is 0 Å². The minimum absolute atomic E-state index is 0.0483. The average Bonchev–Trinajstić information content (AvgIpc) is 2.44. The number of hydrogen-bond acceptors (Lipinski definition) is 2. The van der Waals surface area contributed by atoms with E-state index in [9.17, 15) is 9.59 Å². The lowest BCUT2D eigenvalue weighted by Crippen LogP contribution is -3.11. The summed E-state index contributed by atoms with van der Waals surface area (Å²) in [6.45, 7) is 10.6. The van der Waals surface area contributed by atoms with Crippen LogP contribution >= 0.6 is 0 Å². The maximum Gasteiger partial charge on any atom is 0.279 e. The van der Waals surface area contributed by atoms with Gasteiger partial charge in [0, 0.05) is 11.2 Å². The second kappa shape index (κ2) is 8.83. The molecule has 0 aromatic heterocycles. The molecule has 0 bridgehead atoms. The quantitative estimate of drug-likeness (QED) is 0.709. The Hall–Kier alpha value is -1.88. The minimum Gasteiger partial charge on any atom is -0.347 e. The second-order valence-electron chi connectivity index (χ2n) is 7.55. The molecule has 134 valence electrons. The number of amides is 2. The number of hydrogen-bond donors (Lipinski definition) is 3. The van der Waals surface area contributed by atoms with Crippen LogP contribution in [-0.4, -0.2) is 37.5 Å². The van der Waals surface area contributed by atoms with Crippen LogP contribution in [0.2, 0.25) is 0 Å². The van der Waals surface area contributed by atoms with E-state index < -0.39 is 0 Å². The number of benzene rings is 1. The van der Waals surface area contributed by atoms with Crippen molar-refractivity contribution in [2.45, 2.75) is 52.5 Å². The monoisotopic (exact) mass is 334 g/mol. The molecule has 5 heteroatoms. The van der Waals surface area contributed by atoms with Gasteiger partial charge in [0.05, 0.1) is 7.05 Å². The van der Waals surface area contributed by atoms with E-state index in [0.717, 1.165) is 22.6 Å². The molecule has 0 aliphatic carbocycles. The van der Waals surface area contributed by atoms with E-state index in [1.54, 1.807) is 0 Å². The zero-order valence-electron chi connectivity index (χ0n) is 15.8. The van der Waals surface area contributed by atoms with Crippen LogP contribution < -0.4 is 15.5 Å². The third-order valence-electron chi connectivity index (χ3n) is 3.82. The van der Waals surface area contributed by atoms with Gasteiger partial charge < -0.3 is 15.5 Å². The van der Waals surface area contributed by atoms with E-state index in [4.69, 9.17) is 0 Å². The molecule has 0 aliphatic rings. The molecule has 24 heavy (non-hydrogen) atoms. The van der Waals surface area contributed by atoms with Crippen LogP contribution in [0.3, 0.4) is 0 Å². The number of rotatable bonds is 7. The van der Waals surface area contributed by atoms with Crippen molar-refractivity contribution in [2.24, 2.45) is 0 Å². The van der Waals surface area contributed by atoms with E-state index in [1.165, 1.54) is 0 Å². The summed E-state index contributed by atoms with van der Waals surface area (Å²) in [7, 11) is 1.85. The number of quaternary nitrogens is 1. The van der Waals surface area contributed by atoms with Crippen molar-refractivity contribution in [3.8, 4) is 0 Å². The van der Waals surface area contributed by atoms with Crippen LogP contribution in [0, 0.1) is 0 Å². The van der Waals surface area contributed by atoms with Crippen LogP contribution in [0.5, 0.6) is 0 Å². The smallest absolute Gasteiger partial charge is 0.279 e. The fourth-order valence-corrected chi connectivity index (χ4v) is 2.53. The number of nitrogens with one attached hydrogen (secondary N) is 3. The van der Waals surface area contributed by atoms with E-state index in [-0.39, 0.29) is 30.4 Å². The summed E-state index contributed by atoms with van der Waals surface area (Å²) in [4.78, 5) is 25.1. The van der Waals surface area contributed by atoms with Crippen LogP contribution in [-0.2, 0) is 9.59 Å². The molecule has 2 atom stereocenters. The molecule has 0 aliphatic heterocycles. The number of anilines is 1. The topological polar surface area (TPSA) is 62.6 Å². The van der Waals surface area contributed by atoms with E-state index >= 15 is 0 Å². The summed E-state index contributed by atoms with van der Waals surface area (Å²) < 4.78 is 0. The minimum atomic E-state index is -0.255. The predicted octanol–water partition coefficient (Wildman–Crippen LogP) is 1.57. The van der Waals surface area contributed by atoms with E-state index in [0.29, 0.717) is 5.92 Å². The molecule has 1 unspecified atom stereocenters. The first-order chi connectivity index (χ1) is 11.1. The van der Waals surface area contributed by atoms with Crippen molar-refractivity contribution in [3.63, 3.8) is 0 Å². The Bertz CT molecular complexity index is 564. The normalized spacial score (nSPS) is 13.9. The number of likely N-dealkylation sites (N-methyl/N-ethyl adjacent to an activating group) is 1. The fraction of sp³-hybridized carbons (Fsp3) is 0.579. The maximum atomic E-state index is 12.3. The third-order valence-corrected chi connectivity index (χ3v) is 3.82. The summed E-state index contributed by atoms with van der Waals surface area (Å²) in [6.07, 6.45) is 1.02. The molecular weight excluding hydrogens is 302 g/mol. The highest BCUT2D eigenvalue weighted by molar-refractivity contribution is 5.92. The van der Waals surface area contributed by atoms with E-state index in [2.05, 4.69) is 30.5 Å². The van der Waals surface area contributed by atoms with Gasteiger partial charge in [-0.2, -0.15) is 0 Å². The highest BCUT2D eigenvalue weighted by atomic mass is 16.2. The van der Waals surface area contributed by atoms with E-state index in [1.807, 2.05) is 46.0 Å². The highest BCUT2D eigenvalue weighted by Gasteiger charge is 2.19. The Morgan fingerprint density at radius 2 is 1.71 bits per heavy atom. The van der Waals surface area contributed by atoms with Crippen molar-refractivity contribution < 1.29 is 14.5 Å².